The summed E-state index contributed by atoms with van der Waals surface area (Å²) in [4.78, 5) is 0. The van der Waals surface area contributed by atoms with Crippen molar-refractivity contribution in [3.63, 3.8) is 0 Å². The molecular formula is C17H21NO2. The molecular weight excluding hydrogens is 250 g/mol. The molecule has 0 unspecified atom stereocenters. The van der Waals surface area contributed by atoms with Crippen molar-refractivity contribution in [1.82, 2.24) is 0 Å². The molecule has 0 aromatic heterocycles. The van der Waals surface area contributed by atoms with Crippen LogP contribution in [-0.2, 0) is 13.0 Å². The van der Waals surface area contributed by atoms with Gasteiger partial charge in [0.15, 0.2) is 0 Å². The van der Waals surface area contributed by atoms with Crippen LogP contribution in [-0.4, -0.2) is 6.61 Å². The molecule has 0 bridgehead atoms. The van der Waals surface area contributed by atoms with Gasteiger partial charge in [-0.25, -0.2) is 0 Å². The predicted molar refractivity (Wildman–Crippen MR) is 82.2 cm³/mol. The van der Waals surface area contributed by atoms with Crippen LogP contribution >= 0.6 is 0 Å². The van der Waals surface area contributed by atoms with Crippen LogP contribution in [0.15, 0.2) is 42.5 Å². The molecule has 0 fully saturated rings. The number of anilines is 1. The van der Waals surface area contributed by atoms with Crippen molar-refractivity contribution in [3.8, 4) is 11.5 Å². The van der Waals surface area contributed by atoms with Gasteiger partial charge in [0.05, 0.1) is 6.61 Å². The zero-order valence-corrected chi connectivity index (χ0v) is 12.1. The molecule has 0 aliphatic heterocycles. The van der Waals surface area contributed by atoms with Crippen LogP contribution in [0.4, 0.5) is 5.69 Å². The van der Waals surface area contributed by atoms with Crippen LogP contribution in [0.3, 0.4) is 0 Å². The Kier molecular flexibility index (Phi) is 4.88. The normalized spacial score (nSPS) is 10.3. The number of hydrogen-bond donors (Lipinski definition) is 1. The van der Waals surface area contributed by atoms with Crippen LogP contribution < -0.4 is 15.2 Å². The number of aryl methyl sites for hydroxylation is 1. The number of nitrogen functional groups attached to an aromatic ring is 1. The van der Waals surface area contributed by atoms with E-state index in [0.717, 1.165) is 29.2 Å². The van der Waals surface area contributed by atoms with Crippen molar-refractivity contribution in [2.24, 2.45) is 0 Å². The van der Waals surface area contributed by atoms with E-state index in [9.17, 15) is 0 Å². The van der Waals surface area contributed by atoms with E-state index >= 15 is 0 Å². The van der Waals surface area contributed by atoms with Crippen molar-refractivity contribution in [2.45, 2.75) is 26.9 Å². The first-order valence-electron chi connectivity index (χ1n) is 6.95. The van der Waals surface area contributed by atoms with Crippen molar-refractivity contribution in [1.29, 1.82) is 0 Å². The maximum Gasteiger partial charge on any atom is 0.126 e. The Morgan fingerprint density at radius 1 is 1.00 bits per heavy atom. The van der Waals surface area contributed by atoms with Gasteiger partial charge < -0.3 is 15.2 Å². The van der Waals surface area contributed by atoms with Gasteiger partial charge in [0.25, 0.3) is 0 Å². The first-order valence-corrected chi connectivity index (χ1v) is 6.95. The first kappa shape index (κ1) is 14.3. The van der Waals surface area contributed by atoms with Gasteiger partial charge in [0.2, 0.25) is 0 Å². The Bertz CT molecular complexity index is 567. The molecule has 3 heteroatoms. The monoisotopic (exact) mass is 271 g/mol. The molecule has 106 valence electrons. The minimum absolute atomic E-state index is 0.452. The second kappa shape index (κ2) is 6.85. The summed E-state index contributed by atoms with van der Waals surface area (Å²) in [6, 6.07) is 13.8. The van der Waals surface area contributed by atoms with Crippen LogP contribution in [0.5, 0.6) is 11.5 Å². The summed E-state index contributed by atoms with van der Waals surface area (Å²) in [7, 11) is 0. The van der Waals surface area contributed by atoms with Crippen LogP contribution in [0, 0.1) is 0 Å². The summed E-state index contributed by atoms with van der Waals surface area (Å²) in [6.07, 6.45) is 1.000. The lowest BCUT2D eigenvalue weighted by Gasteiger charge is -2.12. The molecule has 2 aromatic carbocycles. The smallest absolute Gasteiger partial charge is 0.126 e. The number of nitrogens with two attached hydrogens (primary N) is 1. The second-order valence-electron chi connectivity index (χ2n) is 4.59. The van der Waals surface area contributed by atoms with E-state index in [1.807, 2.05) is 37.3 Å². The number of benzene rings is 2. The highest BCUT2D eigenvalue weighted by Gasteiger charge is 2.05. The van der Waals surface area contributed by atoms with E-state index in [4.69, 9.17) is 15.2 Å². The van der Waals surface area contributed by atoms with E-state index in [1.165, 1.54) is 5.56 Å². The second-order valence-corrected chi connectivity index (χ2v) is 4.59. The standard InChI is InChI=1S/C17H21NO2/c1-3-13-6-5-7-16(10-13)20-12-14-11-15(18)8-9-17(14)19-4-2/h5-11H,3-4,12,18H2,1-2H3. The van der Waals surface area contributed by atoms with Crippen molar-refractivity contribution in [3.05, 3.63) is 53.6 Å². The molecule has 0 saturated carbocycles. The Hall–Kier alpha value is -2.16. The van der Waals surface area contributed by atoms with Gasteiger partial charge in [-0.05, 0) is 49.2 Å². The van der Waals surface area contributed by atoms with Gasteiger partial charge in [-0.1, -0.05) is 19.1 Å². The molecule has 0 aliphatic carbocycles. The SMILES string of the molecule is CCOc1ccc(N)cc1COc1cccc(CC)c1. The molecule has 2 N–H and O–H groups in total. The molecule has 3 nitrogen and oxygen atoms in total. The fraction of sp³-hybridized carbons (Fsp3) is 0.294. The van der Waals surface area contributed by atoms with E-state index in [2.05, 4.69) is 19.1 Å². The Morgan fingerprint density at radius 2 is 1.85 bits per heavy atom. The Labute approximate surface area is 120 Å². The summed E-state index contributed by atoms with van der Waals surface area (Å²) in [5.74, 6) is 1.70. The summed E-state index contributed by atoms with van der Waals surface area (Å²) < 4.78 is 11.4. The average molecular weight is 271 g/mol. The fourth-order valence-electron chi connectivity index (χ4n) is 2.02. The van der Waals surface area contributed by atoms with Crippen molar-refractivity contribution < 1.29 is 9.47 Å². The zero-order valence-electron chi connectivity index (χ0n) is 12.1. The topological polar surface area (TPSA) is 44.5 Å². The fourth-order valence-corrected chi connectivity index (χ4v) is 2.02. The summed E-state index contributed by atoms with van der Waals surface area (Å²) in [5, 5.41) is 0. The number of hydrogen-bond acceptors (Lipinski definition) is 3. The summed E-state index contributed by atoms with van der Waals surface area (Å²) in [5.41, 5.74) is 8.77. The maximum absolute atomic E-state index is 5.84. The Balaban J connectivity index is 2.11. The molecule has 0 radical (unpaired) electrons. The van der Waals surface area contributed by atoms with E-state index < -0.39 is 0 Å². The third-order valence-electron chi connectivity index (χ3n) is 3.09. The van der Waals surface area contributed by atoms with Gasteiger partial charge in [-0.2, -0.15) is 0 Å². The van der Waals surface area contributed by atoms with Crippen molar-refractivity contribution in [2.75, 3.05) is 12.3 Å². The van der Waals surface area contributed by atoms with Crippen LogP contribution in [0.1, 0.15) is 25.0 Å². The molecule has 0 amide bonds. The zero-order chi connectivity index (χ0) is 14.4. The number of rotatable bonds is 6. The lowest BCUT2D eigenvalue weighted by atomic mass is 10.1. The molecule has 20 heavy (non-hydrogen) atoms. The quantitative estimate of drug-likeness (QED) is 0.812. The Morgan fingerprint density at radius 3 is 2.60 bits per heavy atom. The molecule has 0 saturated heterocycles. The van der Waals surface area contributed by atoms with Gasteiger partial charge in [-0.15, -0.1) is 0 Å². The highest BCUT2D eigenvalue weighted by atomic mass is 16.5. The molecule has 0 heterocycles. The third kappa shape index (κ3) is 3.67. The van der Waals surface area contributed by atoms with Gasteiger partial charge in [-0.3, -0.25) is 0 Å². The molecule has 2 rings (SSSR count). The molecule has 0 aliphatic rings. The first-order chi connectivity index (χ1) is 9.72. The lowest BCUT2D eigenvalue weighted by molar-refractivity contribution is 0.286. The van der Waals surface area contributed by atoms with Gasteiger partial charge in [0.1, 0.15) is 18.1 Å². The maximum atomic E-state index is 5.84. The minimum Gasteiger partial charge on any atom is -0.493 e. The van der Waals surface area contributed by atoms with E-state index in [1.54, 1.807) is 0 Å². The highest BCUT2D eigenvalue weighted by molar-refractivity contribution is 5.47. The third-order valence-corrected chi connectivity index (χ3v) is 3.09. The van der Waals surface area contributed by atoms with Crippen LogP contribution in [0.25, 0.3) is 0 Å². The molecule has 0 spiro atoms. The minimum atomic E-state index is 0.452. The molecule has 2 aromatic rings. The predicted octanol–water partition coefficient (Wildman–Crippen LogP) is 3.81. The highest BCUT2D eigenvalue weighted by Crippen LogP contribution is 2.24. The number of ether oxygens (including phenoxy) is 2. The lowest BCUT2D eigenvalue weighted by Crippen LogP contribution is -2.02. The van der Waals surface area contributed by atoms with E-state index in [-0.39, 0.29) is 0 Å². The van der Waals surface area contributed by atoms with E-state index in [0.29, 0.717) is 13.2 Å². The van der Waals surface area contributed by atoms with Gasteiger partial charge >= 0.3 is 0 Å². The largest absolute Gasteiger partial charge is 0.493 e. The van der Waals surface area contributed by atoms with Crippen LogP contribution in [0.2, 0.25) is 0 Å². The molecule has 0 atom stereocenters. The summed E-state index contributed by atoms with van der Waals surface area (Å²) in [6.45, 7) is 5.17. The summed E-state index contributed by atoms with van der Waals surface area (Å²) >= 11 is 0. The average Bonchev–Trinajstić information content (AvgIpc) is 2.48. The van der Waals surface area contributed by atoms with Gasteiger partial charge in [0, 0.05) is 11.3 Å². The van der Waals surface area contributed by atoms with Crippen molar-refractivity contribution >= 4 is 5.69 Å².